The van der Waals surface area contributed by atoms with Crippen LogP contribution in [0.25, 0.3) is 0 Å². The number of amides is 1. The zero-order valence-electron chi connectivity index (χ0n) is 10.8. The number of ether oxygens (including phenoxy) is 1. The molecular formula is C13H13ClN2O2S. The van der Waals surface area contributed by atoms with Crippen LogP contribution < -0.4 is 10.1 Å². The second kappa shape index (κ2) is 5.59. The Morgan fingerprint density at radius 2 is 2.16 bits per heavy atom. The van der Waals surface area contributed by atoms with Gasteiger partial charge in [0.05, 0.1) is 24.0 Å². The van der Waals surface area contributed by atoms with E-state index in [0.29, 0.717) is 21.3 Å². The predicted molar refractivity (Wildman–Crippen MR) is 77.5 cm³/mol. The van der Waals surface area contributed by atoms with Crippen LogP contribution in [-0.2, 0) is 0 Å². The number of aromatic nitrogens is 1. The molecule has 0 aliphatic rings. The van der Waals surface area contributed by atoms with Crippen molar-refractivity contribution in [3.05, 3.63) is 38.8 Å². The normalized spacial score (nSPS) is 10.3. The summed E-state index contributed by atoms with van der Waals surface area (Å²) in [5, 5.41) is 4.26. The first kappa shape index (κ1) is 13.8. The number of anilines is 1. The van der Waals surface area contributed by atoms with E-state index in [0.717, 1.165) is 10.6 Å². The molecule has 1 aromatic heterocycles. The quantitative estimate of drug-likeness (QED) is 0.940. The number of rotatable bonds is 3. The van der Waals surface area contributed by atoms with E-state index in [4.69, 9.17) is 16.3 Å². The van der Waals surface area contributed by atoms with Gasteiger partial charge in [-0.1, -0.05) is 11.6 Å². The number of hydrogen-bond donors (Lipinski definition) is 1. The molecule has 0 fully saturated rings. The molecule has 2 rings (SSSR count). The summed E-state index contributed by atoms with van der Waals surface area (Å²) in [6.07, 6.45) is 1.56. The zero-order valence-corrected chi connectivity index (χ0v) is 12.4. The van der Waals surface area contributed by atoms with E-state index in [1.54, 1.807) is 18.3 Å². The van der Waals surface area contributed by atoms with Gasteiger partial charge in [0, 0.05) is 11.1 Å². The van der Waals surface area contributed by atoms with Gasteiger partial charge >= 0.3 is 0 Å². The van der Waals surface area contributed by atoms with Gasteiger partial charge in [0.2, 0.25) is 0 Å². The van der Waals surface area contributed by atoms with Crippen molar-refractivity contribution in [2.75, 3.05) is 12.4 Å². The Kier molecular flexibility index (Phi) is 4.07. The van der Waals surface area contributed by atoms with Crippen molar-refractivity contribution >= 4 is 34.5 Å². The average molecular weight is 297 g/mol. The lowest BCUT2D eigenvalue weighted by molar-refractivity contribution is 0.103. The van der Waals surface area contributed by atoms with Crippen molar-refractivity contribution in [3.8, 4) is 5.75 Å². The summed E-state index contributed by atoms with van der Waals surface area (Å²) < 4.78 is 5.21. The molecule has 4 nitrogen and oxygen atoms in total. The van der Waals surface area contributed by atoms with E-state index in [2.05, 4.69) is 10.3 Å². The molecule has 0 saturated heterocycles. The third kappa shape index (κ3) is 3.05. The van der Waals surface area contributed by atoms with E-state index >= 15 is 0 Å². The molecule has 0 spiro atoms. The first-order valence-electron chi connectivity index (χ1n) is 5.59. The molecule has 1 aromatic carbocycles. The van der Waals surface area contributed by atoms with Crippen LogP contribution in [0.3, 0.4) is 0 Å². The predicted octanol–water partition coefficient (Wildman–Crippen LogP) is 3.67. The molecule has 100 valence electrons. The van der Waals surface area contributed by atoms with Gasteiger partial charge in [-0.2, -0.15) is 0 Å². The average Bonchev–Trinajstić information content (AvgIpc) is 2.80. The molecule has 0 bridgehead atoms. The molecule has 0 atom stereocenters. The maximum atomic E-state index is 12.1. The highest BCUT2D eigenvalue weighted by molar-refractivity contribution is 7.13. The summed E-state index contributed by atoms with van der Waals surface area (Å²) in [6, 6.07) is 3.47. The molecular weight excluding hydrogens is 284 g/mol. The summed E-state index contributed by atoms with van der Waals surface area (Å²) in [5.74, 6) is 0.329. The van der Waals surface area contributed by atoms with E-state index in [-0.39, 0.29) is 5.91 Å². The minimum absolute atomic E-state index is 0.203. The minimum atomic E-state index is -0.203. The van der Waals surface area contributed by atoms with Gasteiger partial charge in [0.25, 0.3) is 5.91 Å². The molecule has 0 unspecified atom stereocenters. The van der Waals surface area contributed by atoms with Gasteiger partial charge in [-0.25, -0.2) is 4.98 Å². The van der Waals surface area contributed by atoms with Crippen LogP contribution in [0.2, 0.25) is 5.02 Å². The van der Waals surface area contributed by atoms with Crippen LogP contribution in [0.5, 0.6) is 5.75 Å². The first-order valence-corrected chi connectivity index (χ1v) is 6.78. The Morgan fingerprint density at radius 3 is 2.74 bits per heavy atom. The fourth-order valence-corrected chi connectivity index (χ4v) is 2.41. The maximum absolute atomic E-state index is 12.1. The number of hydrogen-bond acceptors (Lipinski definition) is 4. The topological polar surface area (TPSA) is 51.2 Å². The van der Waals surface area contributed by atoms with Crippen LogP contribution >= 0.6 is 22.9 Å². The number of carbonyl (C=O) groups excluding carboxylic acids is 1. The number of benzene rings is 1. The van der Waals surface area contributed by atoms with E-state index in [9.17, 15) is 4.79 Å². The molecule has 1 heterocycles. The molecule has 0 saturated carbocycles. The van der Waals surface area contributed by atoms with Gasteiger partial charge in [0.1, 0.15) is 10.6 Å². The van der Waals surface area contributed by atoms with Crippen molar-refractivity contribution in [1.82, 2.24) is 4.98 Å². The largest absolute Gasteiger partial charge is 0.495 e. The Balaban J connectivity index is 2.28. The standard InChI is InChI=1S/C13H13ClN2O2S/c1-7-4-10(11(18-3)5-9(7)14)16-13(17)12-6-15-8(2)19-12/h4-6H,1-3H3,(H,16,17). The summed E-state index contributed by atoms with van der Waals surface area (Å²) in [5.41, 5.74) is 1.47. The van der Waals surface area contributed by atoms with Gasteiger partial charge in [-0.05, 0) is 25.5 Å². The number of aryl methyl sites for hydroxylation is 2. The number of methoxy groups -OCH3 is 1. The minimum Gasteiger partial charge on any atom is -0.495 e. The maximum Gasteiger partial charge on any atom is 0.267 e. The fraction of sp³-hybridized carbons (Fsp3) is 0.231. The highest BCUT2D eigenvalue weighted by atomic mass is 35.5. The van der Waals surface area contributed by atoms with Crippen molar-refractivity contribution < 1.29 is 9.53 Å². The van der Waals surface area contributed by atoms with Crippen molar-refractivity contribution in [3.63, 3.8) is 0 Å². The highest BCUT2D eigenvalue weighted by Gasteiger charge is 2.13. The lowest BCUT2D eigenvalue weighted by atomic mass is 10.2. The number of nitrogens with zero attached hydrogens (tertiary/aromatic N) is 1. The van der Waals surface area contributed by atoms with Crippen molar-refractivity contribution in [2.24, 2.45) is 0 Å². The summed E-state index contributed by atoms with van der Waals surface area (Å²) in [4.78, 5) is 16.7. The van der Waals surface area contributed by atoms with Crippen LogP contribution in [0.4, 0.5) is 5.69 Å². The number of thiazole rings is 1. The number of nitrogens with one attached hydrogen (secondary N) is 1. The smallest absolute Gasteiger partial charge is 0.267 e. The second-order valence-corrected chi connectivity index (χ2v) is 5.64. The monoisotopic (exact) mass is 296 g/mol. The Hall–Kier alpha value is -1.59. The van der Waals surface area contributed by atoms with Crippen LogP contribution in [-0.4, -0.2) is 18.0 Å². The van der Waals surface area contributed by atoms with Crippen molar-refractivity contribution in [1.29, 1.82) is 0 Å². The lowest BCUT2D eigenvalue weighted by Crippen LogP contribution is -2.11. The van der Waals surface area contributed by atoms with Crippen molar-refractivity contribution in [2.45, 2.75) is 13.8 Å². The summed E-state index contributed by atoms with van der Waals surface area (Å²) in [6.45, 7) is 3.72. The first-order chi connectivity index (χ1) is 9.01. The molecule has 0 aliphatic heterocycles. The Morgan fingerprint density at radius 1 is 1.42 bits per heavy atom. The molecule has 0 aliphatic carbocycles. The van der Waals surface area contributed by atoms with Crippen LogP contribution in [0, 0.1) is 13.8 Å². The summed E-state index contributed by atoms with van der Waals surface area (Å²) in [7, 11) is 1.54. The summed E-state index contributed by atoms with van der Waals surface area (Å²) >= 11 is 7.37. The molecule has 2 aromatic rings. The van der Waals surface area contributed by atoms with Gasteiger partial charge in [0.15, 0.2) is 0 Å². The second-order valence-electron chi connectivity index (χ2n) is 4.00. The molecule has 0 radical (unpaired) electrons. The van der Waals surface area contributed by atoms with Crippen LogP contribution in [0.1, 0.15) is 20.2 Å². The highest BCUT2D eigenvalue weighted by Crippen LogP contribution is 2.31. The van der Waals surface area contributed by atoms with E-state index in [1.165, 1.54) is 18.4 Å². The number of carbonyl (C=O) groups is 1. The van der Waals surface area contributed by atoms with E-state index < -0.39 is 0 Å². The number of halogens is 1. The lowest BCUT2D eigenvalue weighted by Gasteiger charge is -2.11. The molecule has 1 N–H and O–H groups in total. The third-order valence-electron chi connectivity index (χ3n) is 2.57. The fourth-order valence-electron chi connectivity index (χ4n) is 1.58. The van der Waals surface area contributed by atoms with Gasteiger partial charge in [-0.3, -0.25) is 4.79 Å². The van der Waals surface area contributed by atoms with E-state index in [1.807, 2.05) is 13.8 Å². The SMILES string of the molecule is COc1cc(Cl)c(C)cc1NC(=O)c1cnc(C)s1. The molecule has 1 amide bonds. The molecule has 6 heteroatoms. The van der Waals surface area contributed by atoms with Gasteiger partial charge in [-0.15, -0.1) is 11.3 Å². The Labute approximate surface area is 120 Å². The zero-order chi connectivity index (χ0) is 14.0. The Bertz CT molecular complexity index is 625. The third-order valence-corrected chi connectivity index (χ3v) is 3.89. The van der Waals surface area contributed by atoms with Gasteiger partial charge < -0.3 is 10.1 Å². The molecule has 19 heavy (non-hydrogen) atoms. The van der Waals surface area contributed by atoms with Crippen LogP contribution in [0.15, 0.2) is 18.3 Å².